The van der Waals surface area contributed by atoms with Crippen LogP contribution in [0.5, 0.6) is 5.75 Å². The van der Waals surface area contributed by atoms with E-state index < -0.39 is 0 Å². The normalized spacial score (nSPS) is 16.2. The first-order chi connectivity index (χ1) is 12.1. The highest BCUT2D eigenvalue weighted by atomic mass is 16.5. The fourth-order valence-corrected chi connectivity index (χ4v) is 3.39. The van der Waals surface area contributed by atoms with E-state index in [0.717, 1.165) is 33.8 Å². The molecule has 0 saturated carbocycles. The number of amides is 1. The van der Waals surface area contributed by atoms with Crippen LogP contribution in [0.2, 0.25) is 0 Å². The van der Waals surface area contributed by atoms with Gasteiger partial charge >= 0.3 is 0 Å². The molecule has 4 rings (SSSR count). The Bertz CT molecular complexity index is 944. The number of carbonyl (C=O) groups is 1. The number of nitrogens with zero attached hydrogens (tertiary/aromatic N) is 2. The predicted octanol–water partition coefficient (Wildman–Crippen LogP) is 3.78. The van der Waals surface area contributed by atoms with Crippen molar-refractivity contribution < 1.29 is 9.53 Å². The number of nitrogens with one attached hydrogen (secondary N) is 1. The fourth-order valence-electron chi connectivity index (χ4n) is 3.39. The van der Waals surface area contributed by atoms with E-state index in [0.29, 0.717) is 5.69 Å². The van der Waals surface area contributed by atoms with Crippen LogP contribution in [0.3, 0.4) is 0 Å². The number of hydrogen-bond donors (Lipinski definition) is 1. The van der Waals surface area contributed by atoms with Crippen LogP contribution in [0.25, 0.3) is 0 Å². The molecular weight excluding hydrogens is 314 g/mol. The van der Waals surface area contributed by atoms with E-state index in [4.69, 9.17) is 4.74 Å². The van der Waals surface area contributed by atoms with Crippen LogP contribution in [0.1, 0.15) is 38.9 Å². The highest BCUT2D eigenvalue weighted by molar-refractivity contribution is 6.10. The van der Waals surface area contributed by atoms with Gasteiger partial charge in [0.05, 0.1) is 13.2 Å². The molecule has 3 aromatic rings. The van der Waals surface area contributed by atoms with Crippen molar-refractivity contribution in [2.24, 2.45) is 0 Å². The lowest BCUT2D eigenvalue weighted by molar-refractivity contribution is 0.0988. The summed E-state index contributed by atoms with van der Waals surface area (Å²) in [5.41, 5.74) is 5.34. The van der Waals surface area contributed by atoms with Crippen LogP contribution in [0, 0.1) is 13.8 Å². The number of anilines is 1. The smallest absolute Gasteiger partial charge is 0.279 e. The third-order valence-electron chi connectivity index (χ3n) is 4.67. The second-order valence-corrected chi connectivity index (χ2v) is 6.30. The molecule has 1 atom stereocenters. The molecule has 1 aliphatic rings. The molecule has 5 nitrogen and oxygen atoms in total. The van der Waals surface area contributed by atoms with Crippen LogP contribution in [0.4, 0.5) is 5.69 Å². The molecular formula is C20H19N3O2. The Morgan fingerprint density at radius 1 is 1.12 bits per heavy atom. The number of aromatic nitrogens is 2. The summed E-state index contributed by atoms with van der Waals surface area (Å²) >= 11 is 0. The second kappa shape index (κ2) is 5.77. The van der Waals surface area contributed by atoms with Gasteiger partial charge in [-0.05, 0) is 43.7 Å². The van der Waals surface area contributed by atoms with E-state index in [1.165, 1.54) is 0 Å². The summed E-state index contributed by atoms with van der Waals surface area (Å²) in [6, 6.07) is 15.6. The molecule has 2 heterocycles. The minimum atomic E-state index is -0.223. The summed E-state index contributed by atoms with van der Waals surface area (Å²) in [5.74, 6) is 0.680. The van der Waals surface area contributed by atoms with Crippen LogP contribution in [0.15, 0.2) is 48.5 Å². The van der Waals surface area contributed by atoms with Crippen molar-refractivity contribution in [2.75, 3.05) is 12.0 Å². The van der Waals surface area contributed by atoms with E-state index in [-0.39, 0.29) is 11.9 Å². The Kier molecular flexibility index (Phi) is 3.57. The van der Waals surface area contributed by atoms with E-state index >= 15 is 0 Å². The standard InChI is InChI=1S/C20H19N3O2/c1-12-7-9-15(10-8-12)23-19(14-5-4-6-16(11-14)25-3)17-13(2)21-22-18(17)20(23)24/h4-11,19H,1-3H3,(H,21,22)/t19-/m0/s1. The number of hydrogen-bond acceptors (Lipinski definition) is 3. The quantitative estimate of drug-likeness (QED) is 0.793. The summed E-state index contributed by atoms with van der Waals surface area (Å²) in [7, 11) is 1.64. The van der Waals surface area contributed by atoms with E-state index in [1.54, 1.807) is 7.11 Å². The third kappa shape index (κ3) is 2.39. The minimum Gasteiger partial charge on any atom is -0.497 e. The number of carbonyl (C=O) groups excluding carboxylic acids is 1. The maximum atomic E-state index is 13.0. The Morgan fingerprint density at radius 3 is 2.60 bits per heavy atom. The molecule has 2 aromatic carbocycles. The van der Waals surface area contributed by atoms with Gasteiger partial charge in [-0.2, -0.15) is 5.10 Å². The van der Waals surface area contributed by atoms with Gasteiger partial charge in [-0.25, -0.2) is 0 Å². The molecule has 0 bridgehead atoms. The SMILES string of the molecule is COc1cccc([C@H]2c3c(n[nH]c3C)C(=O)N2c2ccc(C)cc2)c1. The lowest BCUT2D eigenvalue weighted by Crippen LogP contribution is -2.29. The third-order valence-corrected chi connectivity index (χ3v) is 4.67. The molecule has 0 aliphatic carbocycles. The molecule has 0 fully saturated rings. The summed E-state index contributed by atoms with van der Waals surface area (Å²) in [6.07, 6.45) is 0. The molecule has 1 amide bonds. The number of H-pyrrole nitrogens is 1. The van der Waals surface area contributed by atoms with Crippen molar-refractivity contribution in [3.8, 4) is 5.75 Å². The van der Waals surface area contributed by atoms with Gasteiger partial charge in [-0.1, -0.05) is 29.8 Å². The van der Waals surface area contributed by atoms with Gasteiger partial charge in [-0.3, -0.25) is 14.8 Å². The van der Waals surface area contributed by atoms with Crippen LogP contribution in [-0.2, 0) is 0 Å². The molecule has 1 aliphatic heterocycles. The van der Waals surface area contributed by atoms with Crippen molar-refractivity contribution in [1.82, 2.24) is 10.2 Å². The van der Waals surface area contributed by atoms with Crippen molar-refractivity contribution in [3.05, 3.63) is 76.6 Å². The van der Waals surface area contributed by atoms with E-state index in [2.05, 4.69) is 10.2 Å². The van der Waals surface area contributed by atoms with Crippen LogP contribution in [-0.4, -0.2) is 23.2 Å². The van der Waals surface area contributed by atoms with Crippen molar-refractivity contribution in [3.63, 3.8) is 0 Å². The Hall–Kier alpha value is -3.08. The molecule has 25 heavy (non-hydrogen) atoms. The first-order valence-corrected chi connectivity index (χ1v) is 8.19. The van der Waals surface area contributed by atoms with Gasteiger partial charge in [0.1, 0.15) is 5.75 Å². The minimum absolute atomic E-state index is 0.0870. The van der Waals surface area contributed by atoms with Crippen molar-refractivity contribution >= 4 is 11.6 Å². The highest BCUT2D eigenvalue weighted by Gasteiger charge is 2.42. The van der Waals surface area contributed by atoms with Gasteiger partial charge in [0.15, 0.2) is 5.69 Å². The predicted molar refractivity (Wildman–Crippen MR) is 96.2 cm³/mol. The van der Waals surface area contributed by atoms with Gasteiger partial charge in [0.25, 0.3) is 5.91 Å². The number of aromatic amines is 1. The molecule has 126 valence electrons. The molecule has 1 N–H and O–H groups in total. The number of methoxy groups -OCH3 is 1. The summed E-state index contributed by atoms with van der Waals surface area (Å²) in [5, 5.41) is 7.19. The zero-order valence-corrected chi connectivity index (χ0v) is 14.4. The van der Waals surface area contributed by atoms with Crippen molar-refractivity contribution in [1.29, 1.82) is 0 Å². The molecule has 5 heteroatoms. The molecule has 0 spiro atoms. The summed E-state index contributed by atoms with van der Waals surface area (Å²) in [6.45, 7) is 3.98. The molecule has 0 saturated heterocycles. The molecule has 0 radical (unpaired) electrons. The second-order valence-electron chi connectivity index (χ2n) is 6.30. The highest BCUT2D eigenvalue weighted by Crippen LogP contribution is 2.42. The number of aryl methyl sites for hydroxylation is 2. The summed E-state index contributed by atoms with van der Waals surface area (Å²) < 4.78 is 5.37. The largest absolute Gasteiger partial charge is 0.497 e. The van der Waals surface area contributed by atoms with Crippen LogP contribution < -0.4 is 9.64 Å². The van der Waals surface area contributed by atoms with Gasteiger partial charge in [-0.15, -0.1) is 0 Å². The number of rotatable bonds is 3. The van der Waals surface area contributed by atoms with E-state index in [1.807, 2.05) is 67.3 Å². The fraction of sp³-hybridized carbons (Fsp3) is 0.200. The summed E-state index contributed by atoms with van der Waals surface area (Å²) in [4.78, 5) is 14.9. The Labute approximate surface area is 146 Å². The van der Waals surface area contributed by atoms with Gasteiger partial charge in [0.2, 0.25) is 0 Å². The van der Waals surface area contributed by atoms with Crippen molar-refractivity contribution in [2.45, 2.75) is 19.9 Å². The average molecular weight is 333 g/mol. The monoisotopic (exact) mass is 333 g/mol. The van der Waals surface area contributed by atoms with Gasteiger partial charge in [0, 0.05) is 16.9 Å². The first kappa shape index (κ1) is 15.4. The zero-order valence-electron chi connectivity index (χ0n) is 14.4. The molecule has 1 aromatic heterocycles. The first-order valence-electron chi connectivity index (χ1n) is 8.19. The zero-order chi connectivity index (χ0) is 17.6. The maximum absolute atomic E-state index is 13.0. The molecule has 0 unspecified atom stereocenters. The lowest BCUT2D eigenvalue weighted by Gasteiger charge is -2.26. The maximum Gasteiger partial charge on any atom is 0.279 e. The Morgan fingerprint density at radius 2 is 1.88 bits per heavy atom. The number of benzene rings is 2. The number of fused-ring (bicyclic) bond motifs is 1. The van der Waals surface area contributed by atoms with E-state index in [9.17, 15) is 4.79 Å². The number of ether oxygens (including phenoxy) is 1. The lowest BCUT2D eigenvalue weighted by atomic mass is 9.98. The average Bonchev–Trinajstić information content (AvgIpc) is 3.14. The van der Waals surface area contributed by atoms with Gasteiger partial charge < -0.3 is 4.74 Å². The topological polar surface area (TPSA) is 58.2 Å². The van der Waals surface area contributed by atoms with Crippen LogP contribution >= 0.6 is 0 Å². The Balaban J connectivity index is 1.90.